The van der Waals surface area contributed by atoms with Gasteiger partial charge in [0.2, 0.25) is 10.0 Å². The molecule has 13 nitrogen and oxygen atoms in total. The molecule has 0 saturated carbocycles. The van der Waals surface area contributed by atoms with Crippen LogP contribution in [0.25, 0.3) is 0 Å². The van der Waals surface area contributed by atoms with Crippen molar-refractivity contribution in [3.8, 4) is 11.5 Å². The van der Waals surface area contributed by atoms with Crippen molar-refractivity contribution < 1.29 is 27.9 Å². The van der Waals surface area contributed by atoms with E-state index in [0.717, 1.165) is 40.9 Å². The number of likely N-dealkylation sites (N-methyl/N-ethyl adjacent to an activating group) is 1. The van der Waals surface area contributed by atoms with Crippen molar-refractivity contribution >= 4 is 108 Å². The molecule has 0 aromatic heterocycles. The lowest BCUT2D eigenvalue weighted by Gasteiger charge is -2.23. The van der Waals surface area contributed by atoms with Crippen LogP contribution >= 0.6 is 46.4 Å². The molecule has 0 atom stereocenters. The third kappa shape index (κ3) is 11.5. The van der Waals surface area contributed by atoms with Crippen LogP contribution in [-0.2, 0) is 26.0 Å². The molecule has 0 spiro atoms. The molecule has 0 radical (unpaired) electrons. The summed E-state index contributed by atoms with van der Waals surface area (Å²) < 4.78 is 31.4. The summed E-state index contributed by atoms with van der Waals surface area (Å²) in [7, 11) is -3.34. The number of aliphatic imine (C=N–C) groups is 2. The Kier molecular flexibility index (Phi) is 14.7. The smallest absolute Gasteiger partial charge is 0.299 e. The first kappa shape index (κ1) is 43.6. The van der Waals surface area contributed by atoms with Gasteiger partial charge in [-0.1, -0.05) is 59.7 Å². The number of hydrogen-bond donors (Lipinski definition) is 4. The highest BCUT2D eigenvalue weighted by atomic mass is 35.5. The molecule has 1 aliphatic heterocycles. The number of anilines is 3. The highest BCUT2D eigenvalue weighted by Gasteiger charge is 2.37. The number of phenols is 1. The number of aryl methyl sites for hydroxylation is 2. The first-order chi connectivity index (χ1) is 27.1. The van der Waals surface area contributed by atoms with E-state index in [9.17, 15) is 23.1 Å². The summed E-state index contributed by atoms with van der Waals surface area (Å²) in [5, 5.41) is 14.7. The van der Waals surface area contributed by atoms with E-state index >= 15 is 0 Å². The van der Waals surface area contributed by atoms with Crippen molar-refractivity contribution in [2.45, 2.75) is 40.0 Å². The predicted octanol–water partition coefficient (Wildman–Crippen LogP) is 8.40. The Hall–Kier alpha value is -4.57. The molecule has 18 heteroatoms. The molecule has 4 aromatic carbocycles. The number of phenolic OH excluding ortho intramolecular Hbond substituents is 1. The van der Waals surface area contributed by atoms with Gasteiger partial charge in [-0.05, 0) is 105 Å². The monoisotopic (exact) mass is 875 g/mol. The fraction of sp³-hybridized carbons (Fsp3) is 0.282. The van der Waals surface area contributed by atoms with Gasteiger partial charge in [-0.2, -0.15) is 0 Å². The van der Waals surface area contributed by atoms with E-state index in [1.165, 1.54) is 18.2 Å². The molecule has 0 aliphatic carbocycles. The number of nitrogens with one attached hydrogen (secondary N) is 3. The maximum Gasteiger partial charge on any atom is 0.299 e. The Morgan fingerprint density at radius 2 is 1.68 bits per heavy atom. The van der Waals surface area contributed by atoms with E-state index in [1.807, 2.05) is 30.9 Å². The van der Waals surface area contributed by atoms with E-state index in [-0.39, 0.29) is 61.9 Å². The predicted molar refractivity (Wildman–Crippen MR) is 230 cm³/mol. The number of ether oxygens (including phenoxy) is 1. The lowest BCUT2D eigenvalue weighted by molar-refractivity contribution is -0.118. The zero-order valence-electron chi connectivity index (χ0n) is 31.5. The van der Waals surface area contributed by atoms with E-state index in [2.05, 4.69) is 27.4 Å². The van der Waals surface area contributed by atoms with Crippen molar-refractivity contribution in [3.63, 3.8) is 0 Å². The zero-order valence-corrected chi connectivity index (χ0v) is 35.3. The van der Waals surface area contributed by atoms with Crippen LogP contribution in [0.2, 0.25) is 20.1 Å². The minimum atomic E-state index is -3.34. The van der Waals surface area contributed by atoms with Gasteiger partial charge in [0.1, 0.15) is 17.2 Å². The molecule has 1 saturated heterocycles. The summed E-state index contributed by atoms with van der Waals surface area (Å²) in [6, 6.07) is 17.9. The number of hydrazine groups is 1. The molecular weight excluding hydrogens is 836 g/mol. The van der Waals surface area contributed by atoms with Crippen LogP contribution < -0.4 is 30.1 Å². The molecule has 4 N–H and O–H groups in total. The Balaban J connectivity index is 1.44. The second-order valence-corrected chi connectivity index (χ2v) is 16.5. The highest BCUT2D eigenvalue weighted by Crippen LogP contribution is 2.38. The minimum Gasteiger partial charge on any atom is -0.508 e. The van der Waals surface area contributed by atoms with Crippen LogP contribution in [0.15, 0.2) is 76.7 Å². The van der Waals surface area contributed by atoms with Gasteiger partial charge in [0.05, 0.1) is 32.7 Å². The zero-order chi connectivity index (χ0) is 41.4. The lowest BCUT2D eigenvalue weighted by Crippen LogP contribution is -2.36. The average Bonchev–Trinajstić information content (AvgIpc) is 3.43. The Bertz CT molecular complexity index is 2320. The number of unbranched alkanes of at least 4 members (excludes halogenated alkanes) is 1. The van der Waals surface area contributed by atoms with Crippen LogP contribution in [0.4, 0.5) is 28.4 Å². The van der Waals surface area contributed by atoms with E-state index in [0.29, 0.717) is 36.6 Å². The van der Waals surface area contributed by atoms with E-state index in [4.69, 9.17) is 56.1 Å². The van der Waals surface area contributed by atoms with Crippen molar-refractivity contribution in [3.05, 3.63) is 97.9 Å². The molecular formula is C39H41Cl4N7O6S. The van der Waals surface area contributed by atoms with Crippen LogP contribution in [0.3, 0.4) is 0 Å². The Morgan fingerprint density at radius 1 is 0.947 bits per heavy atom. The maximum atomic E-state index is 14.1. The summed E-state index contributed by atoms with van der Waals surface area (Å²) in [5.74, 6) is -0.459. The molecule has 5 rings (SSSR count). The topological polar surface area (TPSA) is 165 Å². The van der Waals surface area contributed by atoms with Gasteiger partial charge in [0.25, 0.3) is 11.8 Å². The molecule has 4 aromatic rings. The Morgan fingerprint density at radius 3 is 2.35 bits per heavy atom. The number of carbonyl (C=O) groups excluding carboxylic acids is 2. The molecule has 2 amide bonds. The van der Waals surface area contributed by atoms with E-state index < -0.39 is 21.8 Å². The number of amides is 2. The molecule has 0 bridgehead atoms. The molecule has 302 valence electrons. The summed E-state index contributed by atoms with van der Waals surface area (Å²) in [6.07, 6.45) is 3.66. The number of hydrogen-bond acceptors (Lipinski definition) is 9. The average molecular weight is 878 g/mol. The number of nitrogens with zero attached hydrogens (tertiary/aromatic N) is 4. The lowest BCUT2D eigenvalue weighted by atomic mass is 10.1. The highest BCUT2D eigenvalue weighted by molar-refractivity contribution is 7.88. The van der Waals surface area contributed by atoms with Gasteiger partial charge < -0.3 is 20.1 Å². The summed E-state index contributed by atoms with van der Waals surface area (Å²) >= 11 is 25.8. The van der Waals surface area contributed by atoms with Crippen molar-refractivity contribution in [2.24, 2.45) is 9.98 Å². The third-order valence-electron chi connectivity index (χ3n) is 8.64. The Labute approximate surface area is 351 Å². The van der Waals surface area contributed by atoms with Gasteiger partial charge in [-0.3, -0.25) is 15.0 Å². The van der Waals surface area contributed by atoms with Crippen molar-refractivity contribution in [2.75, 3.05) is 47.7 Å². The number of carbonyl (C=O) groups is 2. The molecule has 1 heterocycles. The van der Waals surface area contributed by atoms with Crippen LogP contribution in [0, 0.1) is 6.92 Å². The van der Waals surface area contributed by atoms with Crippen LogP contribution in [0.5, 0.6) is 11.5 Å². The summed E-state index contributed by atoms with van der Waals surface area (Å²) in [5.41, 5.74) is 6.28. The quantitative estimate of drug-likeness (QED) is 0.0872. The van der Waals surface area contributed by atoms with Gasteiger partial charge in [0, 0.05) is 36.0 Å². The van der Waals surface area contributed by atoms with Crippen LogP contribution in [-0.4, -0.2) is 69.4 Å². The molecule has 1 fully saturated rings. The molecule has 1 aliphatic rings. The number of benzene rings is 4. The number of amidine groups is 1. The maximum absolute atomic E-state index is 14.1. The molecule has 0 unspecified atom stereocenters. The first-order valence-electron chi connectivity index (χ1n) is 17.8. The number of halogens is 4. The number of aromatic hydroxyl groups is 1. The SMILES string of the molecule is CCCCc1cc(OCC(=O)Nc2ccc(Cl)c(N=C3NN(c4c(Cl)cc(Cl)cc4Cl)C(=O)C3=Nc3ccc(N(CC)CCNS(C)(=O)=O)cc3C)c2)ccc1O. The minimum absolute atomic E-state index is 0.00695. The molecule has 57 heavy (non-hydrogen) atoms. The number of rotatable bonds is 16. The van der Waals surface area contributed by atoms with Gasteiger partial charge >= 0.3 is 0 Å². The fourth-order valence-electron chi connectivity index (χ4n) is 5.78. The standard InChI is InChI=1S/C39H41Cl4N7O6S/c1-5-7-8-24-18-28(11-14-34(24)51)56-22-35(52)45-26-9-12-29(41)33(21-26)47-38-36(39(53)50(48-38)37-30(42)19-25(40)20-31(37)43)46-32-13-10-27(17-23(32)3)49(6-2)16-15-44-57(4,54)55/h9-14,17-21,44,51H,5-8,15-16,22H2,1-4H3,(H,45,52)(H,47,48). The van der Waals surface area contributed by atoms with Crippen molar-refractivity contribution in [1.29, 1.82) is 0 Å². The van der Waals surface area contributed by atoms with Gasteiger partial charge in [0.15, 0.2) is 18.2 Å². The normalized spacial score (nSPS) is 14.3. The second kappa shape index (κ2) is 19.2. The number of sulfonamides is 1. The fourth-order valence-corrected chi connectivity index (χ4v) is 7.39. The van der Waals surface area contributed by atoms with E-state index in [1.54, 1.807) is 36.4 Å². The van der Waals surface area contributed by atoms with Gasteiger partial charge in [-0.15, -0.1) is 0 Å². The van der Waals surface area contributed by atoms with Crippen molar-refractivity contribution in [1.82, 2.24) is 10.1 Å². The first-order valence-corrected chi connectivity index (χ1v) is 21.2. The second-order valence-electron chi connectivity index (χ2n) is 13.0. The summed E-state index contributed by atoms with van der Waals surface area (Å²) in [6.45, 7) is 6.81. The van der Waals surface area contributed by atoms with Gasteiger partial charge in [-0.25, -0.2) is 28.1 Å². The largest absolute Gasteiger partial charge is 0.508 e. The summed E-state index contributed by atoms with van der Waals surface area (Å²) in [4.78, 5) is 38.5. The third-order valence-corrected chi connectivity index (χ3v) is 10.5. The van der Waals surface area contributed by atoms with Crippen LogP contribution in [0.1, 0.15) is 37.8 Å².